The topological polar surface area (TPSA) is 39.2 Å². The maximum Gasteiger partial charge on any atom is 0.213 e. The number of hydrogen-bond acceptors (Lipinski definition) is 3. The molecule has 1 aromatic heterocycles. The van der Waals surface area contributed by atoms with E-state index in [0.717, 1.165) is 0 Å². The van der Waals surface area contributed by atoms with Crippen molar-refractivity contribution >= 4 is 29.0 Å². The van der Waals surface area contributed by atoms with E-state index in [0.29, 0.717) is 27.2 Å². The van der Waals surface area contributed by atoms with Gasteiger partial charge in [0.25, 0.3) is 0 Å². The van der Waals surface area contributed by atoms with Crippen molar-refractivity contribution in [3.63, 3.8) is 0 Å². The first-order valence-corrected chi connectivity index (χ1v) is 5.88. The molecule has 0 amide bonds. The fraction of sp³-hybridized carbons (Fsp3) is 0.0769. The molecule has 0 aliphatic heterocycles. The molecule has 2 aromatic rings. The molecule has 0 aliphatic rings. The minimum atomic E-state index is -0.229. The van der Waals surface area contributed by atoms with E-state index < -0.39 is 0 Å². The van der Waals surface area contributed by atoms with Crippen LogP contribution in [0.15, 0.2) is 36.4 Å². The Morgan fingerprint density at radius 1 is 1.17 bits per heavy atom. The van der Waals surface area contributed by atoms with Gasteiger partial charge in [0, 0.05) is 11.6 Å². The van der Waals surface area contributed by atoms with Crippen LogP contribution in [0.1, 0.15) is 16.1 Å². The Kier molecular flexibility index (Phi) is 3.84. The number of nitrogens with zero attached hydrogens (tertiary/aromatic N) is 1. The van der Waals surface area contributed by atoms with Gasteiger partial charge in [0.05, 0.1) is 17.2 Å². The number of ether oxygens (including phenoxy) is 1. The van der Waals surface area contributed by atoms with Crippen molar-refractivity contribution in [2.24, 2.45) is 0 Å². The molecule has 0 atom stereocenters. The second kappa shape index (κ2) is 5.38. The van der Waals surface area contributed by atoms with Crippen molar-refractivity contribution in [3.8, 4) is 5.88 Å². The van der Waals surface area contributed by atoms with Gasteiger partial charge in [-0.25, -0.2) is 4.98 Å². The fourth-order valence-corrected chi connectivity index (χ4v) is 1.74. The highest BCUT2D eigenvalue weighted by Crippen LogP contribution is 2.23. The largest absolute Gasteiger partial charge is 0.481 e. The SMILES string of the molecule is COc1cccc(C(=O)c2ccc(Cl)c(Cl)c2)n1. The van der Waals surface area contributed by atoms with Gasteiger partial charge in [-0.1, -0.05) is 29.3 Å². The molecule has 1 aromatic carbocycles. The minimum Gasteiger partial charge on any atom is -0.481 e. The Morgan fingerprint density at radius 3 is 2.61 bits per heavy atom. The van der Waals surface area contributed by atoms with Crippen molar-refractivity contribution in [1.82, 2.24) is 4.98 Å². The molecule has 3 nitrogen and oxygen atoms in total. The maximum absolute atomic E-state index is 12.2. The monoisotopic (exact) mass is 281 g/mol. The molecule has 0 fully saturated rings. The van der Waals surface area contributed by atoms with Crippen LogP contribution < -0.4 is 4.74 Å². The summed E-state index contributed by atoms with van der Waals surface area (Å²) in [5.41, 5.74) is 0.734. The first kappa shape index (κ1) is 12.9. The van der Waals surface area contributed by atoms with Gasteiger partial charge in [0.2, 0.25) is 11.7 Å². The summed E-state index contributed by atoms with van der Waals surface area (Å²) in [7, 11) is 1.50. The second-order valence-corrected chi connectivity index (χ2v) is 4.34. The Labute approximate surface area is 114 Å². The van der Waals surface area contributed by atoms with Crippen LogP contribution in [0, 0.1) is 0 Å². The Morgan fingerprint density at radius 2 is 1.94 bits per heavy atom. The summed E-state index contributed by atoms with van der Waals surface area (Å²) >= 11 is 11.7. The van der Waals surface area contributed by atoms with Gasteiger partial charge in [-0.2, -0.15) is 0 Å². The van der Waals surface area contributed by atoms with E-state index in [-0.39, 0.29) is 5.78 Å². The molecule has 0 N–H and O–H groups in total. The molecular weight excluding hydrogens is 273 g/mol. The van der Waals surface area contributed by atoms with Gasteiger partial charge in [-0.3, -0.25) is 4.79 Å². The van der Waals surface area contributed by atoms with Gasteiger partial charge < -0.3 is 4.74 Å². The first-order valence-electron chi connectivity index (χ1n) is 5.12. The molecule has 0 unspecified atom stereocenters. The molecule has 2 rings (SSSR count). The van der Waals surface area contributed by atoms with Crippen LogP contribution in [0.5, 0.6) is 5.88 Å². The highest BCUT2D eigenvalue weighted by molar-refractivity contribution is 6.42. The van der Waals surface area contributed by atoms with Crippen LogP contribution in [0.25, 0.3) is 0 Å². The van der Waals surface area contributed by atoms with E-state index in [9.17, 15) is 4.79 Å². The number of benzene rings is 1. The maximum atomic E-state index is 12.2. The molecule has 0 saturated heterocycles. The second-order valence-electron chi connectivity index (χ2n) is 3.52. The third-order valence-electron chi connectivity index (χ3n) is 2.35. The number of carbonyl (C=O) groups excluding carboxylic acids is 1. The third kappa shape index (κ3) is 2.63. The van der Waals surface area contributed by atoms with Crippen molar-refractivity contribution in [2.75, 3.05) is 7.11 Å². The number of halogens is 2. The number of hydrogen-bond donors (Lipinski definition) is 0. The first-order chi connectivity index (χ1) is 8.61. The average Bonchev–Trinajstić information content (AvgIpc) is 2.41. The predicted octanol–water partition coefficient (Wildman–Crippen LogP) is 3.63. The zero-order valence-electron chi connectivity index (χ0n) is 9.48. The van der Waals surface area contributed by atoms with Gasteiger partial charge in [0.1, 0.15) is 5.69 Å². The van der Waals surface area contributed by atoms with Crippen LogP contribution in [0.2, 0.25) is 10.0 Å². The molecule has 1 heterocycles. The summed E-state index contributed by atoms with van der Waals surface area (Å²) in [5, 5.41) is 0.747. The van der Waals surface area contributed by atoms with Gasteiger partial charge in [0.15, 0.2) is 0 Å². The number of rotatable bonds is 3. The molecule has 0 bridgehead atoms. The standard InChI is InChI=1S/C13H9Cl2NO2/c1-18-12-4-2-3-11(16-12)13(17)8-5-6-9(14)10(15)7-8/h2-7H,1H3. The highest BCUT2D eigenvalue weighted by atomic mass is 35.5. The summed E-state index contributed by atoms with van der Waals surface area (Å²) < 4.78 is 4.97. The quantitative estimate of drug-likeness (QED) is 0.807. The summed E-state index contributed by atoms with van der Waals surface area (Å²) in [6.45, 7) is 0. The van der Waals surface area contributed by atoms with Crippen molar-refractivity contribution in [3.05, 3.63) is 57.7 Å². The van der Waals surface area contributed by atoms with Crippen molar-refractivity contribution < 1.29 is 9.53 Å². The van der Waals surface area contributed by atoms with Crippen LogP contribution >= 0.6 is 23.2 Å². The molecule has 0 aliphatic carbocycles. The third-order valence-corrected chi connectivity index (χ3v) is 3.09. The number of aromatic nitrogens is 1. The van der Waals surface area contributed by atoms with Crippen molar-refractivity contribution in [1.29, 1.82) is 0 Å². The lowest BCUT2D eigenvalue weighted by molar-refractivity contribution is 0.103. The van der Waals surface area contributed by atoms with E-state index in [1.165, 1.54) is 13.2 Å². The zero-order valence-corrected chi connectivity index (χ0v) is 11.0. The van der Waals surface area contributed by atoms with Gasteiger partial charge >= 0.3 is 0 Å². The summed E-state index contributed by atoms with van der Waals surface area (Å²) in [4.78, 5) is 16.2. The van der Waals surface area contributed by atoms with Gasteiger partial charge in [-0.15, -0.1) is 0 Å². The number of ketones is 1. The average molecular weight is 282 g/mol. The summed E-state index contributed by atoms with van der Waals surface area (Å²) in [6.07, 6.45) is 0. The molecule has 92 valence electrons. The van der Waals surface area contributed by atoms with E-state index in [2.05, 4.69) is 4.98 Å². The lowest BCUT2D eigenvalue weighted by atomic mass is 10.1. The van der Waals surface area contributed by atoms with Crippen LogP contribution in [-0.2, 0) is 0 Å². The number of pyridine rings is 1. The Bertz CT molecular complexity index is 599. The van der Waals surface area contributed by atoms with Crippen LogP contribution in [0.3, 0.4) is 0 Å². The van der Waals surface area contributed by atoms with Crippen LogP contribution in [0.4, 0.5) is 0 Å². The highest BCUT2D eigenvalue weighted by Gasteiger charge is 2.12. The lowest BCUT2D eigenvalue weighted by Crippen LogP contribution is -2.04. The normalized spacial score (nSPS) is 10.2. The molecule has 18 heavy (non-hydrogen) atoms. The molecule has 5 heteroatoms. The minimum absolute atomic E-state index is 0.229. The Hall–Kier alpha value is -1.58. The smallest absolute Gasteiger partial charge is 0.213 e. The zero-order chi connectivity index (χ0) is 13.1. The van der Waals surface area contributed by atoms with Gasteiger partial charge in [-0.05, 0) is 24.3 Å². The predicted molar refractivity (Wildman–Crippen MR) is 70.7 cm³/mol. The van der Waals surface area contributed by atoms with Crippen LogP contribution in [-0.4, -0.2) is 17.9 Å². The Balaban J connectivity index is 2.38. The summed E-state index contributed by atoms with van der Waals surface area (Å²) in [6, 6.07) is 9.71. The number of methoxy groups -OCH3 is 1. The summed E-state index contributed by atoms with van der Waals surface area (Å²) in [5.74, 6) is 0.161. The van der Waals surface area contributed by atoms with E-state index in [1.807, 2.05) is 0 Å². The lowest BCUT2D eigenvalue weighted by Gasteiger charge is -2.04. The molecule has 0 saturated carbocycles. The van der Waals surface area contributed by atoms with Crippen molar-refractivity contribution in [2.45, 2.75) is 0 Å². The van der Waals surface area contributed by atoms with E-state index in [4.69, 9.17) is 27.9 Å². The fourth-order valence-electron chi connectivity index (χ4n) is 1.44. The van der Waals surface area contributed by atoms with E-state index >= 15 is 0 Å². The molecular formula is C13H9Cl2NO2. The molecule has 0 radical (unpaired) electrons. The number of carbonyl (C=O) groups is 1. The van der Waals surface area contributed by atoms with E-state index in [1.54, 1.807) is 30.3 Å². The molecule has 0 spiro atoms.